The average Bonchev–Trinajstić information content (AvgIpc) is 2.27. The van der Waals surface area contributed by atoms with E-state index in [1.165, 1.54) is 13.2 Å². The van der Waals surface area contributed by atoms with E-state index < -0.39 is 5.97 Å². The molecule has 0 amide bonds. The molecule has 0 saturated carbocycles. The van der Waals surface area contributed by atoms with Gasteiger partial charge in [-0.2, -0.15) is 0 Å². The summed E-state index contributed by atoms with van der Waals surface area (Å²) < 4.78 is 4.45. The maximum Gasteiger partial charge on any atom is 0.336 e. The van der Waals surface area contributed by atoms with Crippen LogP contribution in [0.3, 0.4) is 0 Å². The molecule has 0 atom stereocenters. The molecule has 0 aliphatic heterocycles. The number of carbonyl (C=O) groups excluding carboxylic acids is 1. The van der Waals surface area contributed by atoms with Crippen LogP contribution in [0, 0.1) is 6.57 Å². The third kappa shape index (κ3) is 2.83. The molecule has 3 nitrogen and oxygen atoms in total. The van der Waals surface area contributed by atoms with Crippen LogP contribution < -0.4 is 0 Å². The van der Waals surface area contributed by atoms with Gasteiger partial charge in [-0.25, -0.2) is 4.85 Å². The molecule has 0 bridgehead atoms. The number of benzene rings is 1. The third-order valence-corrected chi connectivity index (χ3v) is 2.06. The molecule has 0 saturated heterocycles. The zero-order valence-electron chi connectivity index (χ0n) is 8.03. The van der Waals surface area contributed by atoms with Crippen LogP contribution in [0.2, 0.25) is 5.02 Å². The summed E-state index contributed by atoms with van der Waals surface area (Å²) in [6.07, 6.45) is 1.40. The summed E-state index contributed by atoms with van der Waals surface area (Å²) in [5.74, 6) is -0.662. The van der Waals surface area contributed by atoms with E-state index in [1.54, 1.807) is 24.3 Å². The van der Waals surface area contributed by atoms with Crippen LogP contribution in [-0.2, 0) is 9.53 Å². The minimum atomic E-state index is -0.662. The Morgan fingerprint density at radius 2 is 2.20 bits per heavy atom. The normalized spacial score (nSPS) is 10.6. The number of carbonyl (C=O) groups is 1. The van der Waals surface area contributed by atoms with Crippen molar-refractivity contribution in [2.24, 2.45) is 0 Å². The quantitative estimate of drug-likeness (QED) is 0.437. The second kappa shape index (κ2) is 5.18. The second-order valence-electron chi connectivity index (χ2n) is 2.65. The first kappa shape index (κ1) is 11.3. The van der Waals surface area contributed by atoms with Gasteiger partial charge in [0.1, 0.15) is 0 Å². The van der Waals surface area contributed by atoms with Gasteiger partial charge in [-0.1, -0.05) is 29.8 Å². The molecule has 15 heavy (non-hydrogen) atoms. The van der Waals surface area contributed by atoms with Gasteiger partial charge in [-0.3, -0.25) is 4.79 Å². The SMILES string of the molecule is [C-]#[N+]C(=Cc1ccccc1Cl)C(=O)OC. The number of hydrogen-bond donors (Lipinski definition) is 0. The van der Waals surface area contributed by atoms with Crippen molar-refractivity contribution in [1.29, 1.82) is 0 Å². The number of methoxy groups -OCH3 is 1. The molecule has 0 radical (unpaired) electrons. The Morgan fingerprint density at radius 1 is 1.53 bits per heavy atom. The zero-order chi connectivity index (χ0) is 11.3. The monoisotopic (exact) mass is 221 g/mol. The number of hydrogen-bond acceptors (Lipinski definition) is 2. The Balaban J connectivity index is 3.11. The predicted molar refractivity (Wildman–Crippen MR) is 58.0 cm³/mol. The van der Waals surface area contributed by atoms with Gasteiger partial charge < -0.3 is 4.74 Å². The maximum atomic E-state index is 11.1. The molecule has 1 rings (SSSR count). The van der Waals surface area contributed by atoms with Gasteiger partial charge in [0.05, 0.1) is 13.7 Å². The minimum absolute atomic E-state index is 0.0920. The average molecular weight is 222 g/mol. The van der Waals surface area contributed by atoms with Gasteiger partial charge in [-0.05, 0) is 17.7 Å². The van der Waals surface area contributed by atoms with Crippen molar-refractivity contribution in [3.8, 4) is 0 Å². The molecular formula is C11H8ClNO2. The Hall–Kier alpha value is -1.79. The van der Waals surface area contributed by atoms with Crippen molar-refractivity contribution in [2.45, 2.75) is 0 Å². The van der Waals surface area contributed by atoms with Crippen LogP contribution in [0.1, 0.15) is 5.56 Å². The van der Waals surface area contributed by atoms with E-state index in [0.29, 0.717) is 10.6 Å². The van der Waals surface area contributed by atoms with Crippen molar-refractivity contribution in [3.63, 3.8) is 0 Å². The summed E-state index contributed by atoms with van der Waals surface area (Å²) in [7, 11) is 1.23. The van der Waals surface area contributed by atoms with Crippen molar-refractivity contribution in [3.05, 3.63) is 52.0 Å². The highest BCUT2D eigenvalue weighted by Gasteiger charge is 2.09. The summed E-state index contributed by atoms with van der Waals surface area (Å²) in [6, 6.07) is 6.95. The number of halogens is 1. The van der Waals surface area contributed by atoms with Crippen LogP contribution in [0.4, 0.5) is 0 Å². The summed E-state index contributed by atoms with van der Waals surface area (Å²) >= 11 is 5.87. The van der Waals surface area contributed by atoms with Crippen molar-refractivity contribution in [1.82, 2.24) is 0 Å². The largest absolute Gasteiger partial charge is 0.474 e. The molecule has 0 spiro atoms. The maximum absolute atomic E-state index is 11.1. The number of ether oxygens (including phenoxy) is 1. The van der Waals surface area contributed by atoms with Gasteiger partial charge in [-0.15, -0.1) is 0 Å². The van der Waals surface area contributed by atoms with Crippen molar-refractivity contribution in [2.75, 3.05) is 7.11 Å². The molecule has 0 N–H and O–H groups in total. The number of rotatable bonds is 2. The molecule has 0 aliphatic carbocycles. The Bertz CT molecular complexity index is 446. The van der Waals surface area contributed by atoms with Crippen LogP contribution in [0.15, 0.2) is 30.0 Å². The lowest BCUT2D eigenvalue weighted by Crippen LogP contribution is -2.01. The first-order valence-electron chi connectivity index (χ1n) is 4.11. The molecule has 76 valence electrons. The van der Waals surface area contributed by atoms with Crippen LogP contribution >= 0.6 is 11.6 Å². The van der Waals surface area contributed by atoms with Crippen LogP contribution in [-0.4, -0.2) is 13.1 Å². The van der Waals surface area contributed by atoms with E-state index in [0.717, 1.165) is 0 Å². The topological polar surface area (TPSA) is 30.7 Å². The summed E-state index contributed by atoms with van der Waals surface area (Å²) in [5, 5.41) is 0.488. The Morgan fingerprint density at radius 3 is 2.73 bits per heavy atom. The van der Waals surface area contributed by atoms with Gasteiger partial charge in [0.2, 0.25) is 0 Å². The van der Waals surface area contributed by atoms with Crippen molar-refractivity contribution >= 4 is 23.6 Å². The lowest BCUT2D eigenvalue weighted by Gasteiger charge is -1.99. The fraction of sp³-hybridized carbons (Fsp3) is 0.0909. The summed E-state index contributed by atoms with van der Waals surface area (Å²) in [5.41, 5.74) is 0.529. The first-order valence-corrected chi connectivity index (χ1v) is 4.49. The van der Waals surface area contributed by atoms with E-state index in [-0.39, 0.29) is 5.70 Å². The molecule has 4 heteroatoms. The fourth-order valence-electron chi connectivity index (χ4n) is 0.981. The van der Waals surface area contributed by atoms with E-state index >= 15 is 0 Å². The standard InChI is InChI=1S/C11H8ClNO2/c1-13-10(11(14)15-2)7-8-5-3-4-6-9(8)12/h3-7H,2H3. The van der Waals surface area contributed by atoms with E-state index in [9.17, 15) is 4.79 Å². The molecule has 0 fully saturated rings. The molecule has 0 aliphatic rings. The van der Waals surface area contributed by atoms with Gasteiger partial charge >= 0.3 is 5.97 Å². The number of nitrogens with zero attached hydrogens (tertiary/aromatic N) is 1. The van der Waals surface area contributed by atoms with Gasteiger partial charge in [0, 0.05) is 5.02 Å². The lowest BCUT2D eigenvalue weighted by molar-refractivity contribution is -0.135. The summed E-state index contributed by atoms with van der Waals surface area (Å²) in [4.78, 5) is 14.2. The predicted octanol–water partition coefficient (Wildman–Crippen LogP) is 2.77. The Kier molecular flexibility index (Phi) is 3.90. The first-order chi connectivity index (χ1) is 7.19. The summed E-state index contributed by atoms with van der Waals surface area (Å²) in [6.45, 7) is 6.83. The highest BCUT2D eigenvalue weighted by atomic mass is 35.5. The molecule has 1 aromatic carbocycles. The molecule has 1 aromatic rings. The van der Waals surface area contributed by atoms with Crippen molar-refractivity contribution < 1.29 is 9.53 Å². The Labute approximate surface area is 92.7 Å². The zero-order valence-corrected chi connectivity index (χ0v) is 8.78. The minimum Gasteiger partial charge on any atom is -0.474 e. The number of esters is 1. The highest BCUT2D eigenvalue weighted by Crippen LogP contribution is 2.18. The second-order valence-corrected chi connectivity index (χ2v) is 3.06. The lowest BCUT2D eigenvalue weighted by atomic mass is 10.2. The van der Waals surface area contributed by atoms with E-state index in [1.807, 2.05) is 0 Å². The van der Waals surface area contributed by atoms with E-state index in [4.69, 9.17) is 18.2 Å². The molecule has 0 unspecified atom stereocenters. The van der Waals surface area contributed by atoms with Gasteiger partial charge in [0.15, 0.2) is 0 Å². The van der Waals surface area contributed by atoms with E-state index in [2.05, 4.69) is 9.58 Å². The third-order valence-electron chi connectivity index (χ3n) is 1.71. The fourth-order valence-corrected chi connectivity index (χ4v) is 1.17. The molecular weight excluding hydrogens is 214 g/mol. The molecule has 0 aromatic heterocycles. The molecule has 0 heterocycles. The highest BCUT2D eigenvalue weighted by molar-refractivity contribution is 6.32. The smallest absolute Gasteiger partial charge is 0.336 e. The van der Waals surface area contributed by atoms with Crippen LogP contribution in [0.25, 0.3) is 10.9 Å². The van der Waals surface area contributed by atoms with Crippen LogP contribution in [0.5, 0.6) is 0 Å². The van der Waals surface area contributed by atoms with Gasteiger partial charge in [0.25, 0.3) is 5.70 Å².